The van der Waals surface area contributed by atoms with Crippen molar-refractivity contribution < 1.29 is 19.1 Å². The molecule has 9 nitrogen and oxygen atoms in total. The second-order valence-electron chi connectivity index (χ2n) is 8.22. The van der Waals surface area contributed by atoms with Crippen LogP contribution in [0.3, 0.4) is 0 Å². The Balaban J connectivity index is 1.44. The zero-order valence-electron chi connectivity index (χ0n) is 18.9. The lowest BCUT2D eigenvalue weighted by atomic mass is 9.96. The van der Waals surface area contributed by atoms with Crippen molar-refractivity contribution in [3.63, 3.8) is 0 Å². The van der Waals surface area contributed by atoms with Gasteiger partial charge in [-0.2, -0.15) is 0 Å². The second-order valence-corrected chi connectivity index (χ2v) is 8.22. The first kappa shape index (κ1) is 23.2. The molecule has 4 rings (SSSR count). The van der Waals surface area contributed by atoms with E-state index in [1.54, 1.807) is 4.68 Å². The fraction of sp³-hybridized carbons (Fsp3) is 0.320. The van der Waals surface area contributed by atoms with Crippen molar-refractivity contribution in [2.75, 3.05) is 0 Å². The van der Waals surface area contributed by atoms with Gasteiger partial charge in [0.1, 0.15) is 0 Å². The van der Waals surface area contributed by atoms with E-state index in [1.807, 2.05) is 60.7 Å². The predicted octanol–water partition coefficient (Wildman–Crippen LogP) is 3.64. The summed E-state index contributed by atoms with van der Waals surface area (Å²) in [5.41, 5.74) is 1.49. The fourth-order valence-electron chi connectivity index (χ4n) is 3.87. The number of esters is 1. The van der Waals surface area contributed by atoms with Gasteiger partial charge in [-0.3, -0.25) is 10.1 Å². The van der Waals surface area contributed by atoms with E-state index in [0.29, 0.717) is 5.82 Å². The number of hydrogen-bond acceptors (Lipinski definition) is 6. The van der Waals surface area contributed by atoms with Gasteiger partial charge in [-0.1, -0.05) is 67.8 Å². The van der Waals surface area contributed by atoms with Gasteiger partial charge in [0.05, 0.1) is 5.69 Å². The van der Waals surface area contributed by atoms with E-state index in [9.17, 15) is 14.4 Å². The molecule has 0 spiro atoms. The van der Waals surface area contributed by atoms with Crippen LogP contribution in [0.2, 0.25) is 0 Å². The molecule has 0 radical (unpaired) electrons. The lowest BCUT2D eigenvalue weighted by Crippen LogP contribution is -2.48. The van der Waals surface area contributed by atoms with Gasteiger partial charge in [-0.05, 0) is 31.9 Å². The number of nitrogens with one attached hydrogen (secondary N) is 2. The highest BCUT2D eigenvalue weighted by molar-refractivity contribution is 5.98. The van der Waals surface area contributed by atoms with Crippen molar-refractivity contribution in [3.05, 3.63) is 66.5 Å². The molecule has 0 saturated heterocycles. The number of nitrogens with zero attached hydrogens (tertiary/aromatic N) is 3. The van der Waals surface area contributed by atoms with Crippen LogP contribution in [0, 0.1) is 0 Å². The van der Waals surface area contributed by atoms with Crippen LogP contribution < -0.4 is 10.6 Å². The number of amides is 3. The van der Waals surface area contributed by atoms with Crippen molar-refractivity contribution in [2.24, 2.45) is 0 Å². The third-order valence-corrected chi connectivity index (χ3v) is 5.65. The van der Waals surface area contributed by atoms with Gasteiger partial charge < -0.3 is 10.1 Å². The molecule has 1 fully saturated rings. The topological polar surface area (TPSA) is 115 Å². The average Bonchev–Trinajstić information content (AvgIpc) is 3.31. The van der Waals surface area contributed by atoms with Crippen LogP contribution in [0.5, 0.6) is 0 Å². The van der Waals surface area contributed by atoms with Crippen molar-refractivity contribution in [3.8, 4) is 17.1 Å². The van der Waals surface area contributed by atoms with Crippen molar-refractivity contribution in [1.82, 2.24) is 25.4 Å². The number of benzene rings is 2. The number of carbonyl (C=O) groups is 3. The Morgan fingerprint density at radius 2 is 1.62 bits per heavy atom. The molecule has 2 N–H and O–H groups in total. The maximum Gasteiger partial charge on any atom is 0.379 e. The molecular weight excluding hydrogens is 434 g/mol. The molecule has 0 bridgehead atoms. The lowest BCUT2D eigenvalue weighted by molar-refractivity contribution is -0.128. The van der Waals surface area contributed by atoms with E-state index in [0.717, 1.165) is 43.4 Å². The molecule has 176 valence electrons. The SMILES string of the molecule is CC(OC(=O)c1nc(-c2ccccc2)n(-c2ccccc2)n1)C(=O)NC(=O)NC1CCCCC1. The summed E-state index contributed by atoms with van der Waals surface area (Å²) in [5.74, 6) is -1.30. The van der Waals surface area contributed by atoms with Gasteiger partial charge in [0.15, 0.2) is 11.9 Å². The van der Waals surface area contributed by atoms with Crippen molar-refractivity contribution in [2.45, 2.75) is 51.2 Å². The van der Waals surface area contributed by atoms with Crippen molar-refractivity contribution >= 4 is 17.9 Å². The van der Waals surface area contributed by atoms with E-state index in [1.165, 1.54) is 6.92 Å². The van der Waals surface area contributed by atoms with Gasteiger partial charge >= 0.3 is 12.0 Å². The average molecular weight is 462 g/mol. The number of para-hydroxylation sites is 1. The lowest BCUT2D eigenvalue weighted by Gasteiger charge is -2.23. The summed E-state index contributed by atoms with van der Waals surface area (Å²) in [5, 5.41) is 9.36. The van der Waals surface area contributed by atoms with E-state index < -0.39 is 24.0 Å². The molecule has 1 aliphatic rings. The standard InChI is InChI=1S/C25H27N5O4/c1-17(23(31)28-25(33)26-19-13-7-3-8-14-19)34-24(32)21-27-22(18-11-5-2-6-12-18)30(29-21)20-15-9-4-10-16-20/h2,4-6,9-12,15-17,19H,3,7-8,13-14H2,1H3,(H2,26,28,31,33). The molecule has 1 atom stereocenters. The number of imide groups is 1. The molecule has 1 saturated carbocycles. The monoisotopic (exact) mass is 461 g/mol. The van der Waals surface area contributed by atoms with Crippen LogP contribution in [-0.4, -0.2) is 44.8 Å². The van der Waals surface area contributed by atoms with Gasteiger partial charge in [-0.25, -0.2) is 19.3 Å². The van der Waals surface area contributed by atoms with Crippen LogP contribution in [0.15, 0.2) is 60.7 Å². The zero-order chi connectivity index (χ0) is 23.9. The number of urea groups is 1. The summed E-state index contributed by atoms with van der Waals surface area (Å²) in [6.45, 7) is 1.40. The Kier molecular flexibility index (Phi) is 7.31. The molecule has 3 aromatic rings. The number of ether oxygens (including phenoxy) is 1. The highest BCUT2D eigenvalue weighted by Crippen LogP contribution is 2.21. The maximum atomic E-state index is 12.7. The van der Waals surface area contributed by atoms with E-state index >= 15 is 0 Å². The Hall–Kier alpha value is -4.01. The Labute approximate surface area is 197 Å². The third kappa shape index (κ3) is 5.67. The Bertz CT molecular complexity index is 1080. The molecule has 1 aromatic heterocycles. The summed E-state index contributed by atoms with van der Waals surface area (Å²) in [4.78, 5) is 41.6. The summed E-state index contributed by atoms with van der Waals surface area (Å²) in [6, 6.07) is 18.1. The quantitative estimate of drug-likeness (QED) is 0.542. The largest absolute Gasteiger partial charge is 0.447 e. The minimum absolute atomic E-state index is 0.0574. The number of carbonyl (C=O) groups excluding carboxylic acids is 3. The van der Waals surface area contributed by atoms with Crippen LogP contribution in [0.4, 0.5) is 4.79 Å². The van der Waals surface area contributed by atoms with Gasteiger partial charge in [0, 0.05) is 11.6 Å². The molecular formula is C25H27N5O4. The smallest absolute Gasteiger partial charge is 0.379 e. The summed E-state index contributed by atoms with van der Waals surface area (Å²) in [6.07, 6.45) is 3.86. The minimum Gasteiger partial charge on any atom is -0.447 e. The first-order valence-electron chi connectivity index (χ1n) is 11.4. The van der Waals surface area contributed by atoms with Crippen LogP contribution in [0.25, 0.3) is 17.1 Å². The van der Waals surface area contributed by atoms with Crippen molar-refractivity contribution in [1.29, 1.82) is 0 Å². The maximum absolute atomic E-state index is 12.7. The van der Waals surface area contributed by atoms with Crippen LogP contribution >= 0.6 is 0 Å². The molecule has 3 amide bonds. The van der Waals surface area contributed by atoms with Gasteiger partial charge in [0.25, 0.3) is 11.7 Å². The molecule has 2 aromatic carbocycles. The number of aromatic nitrogens is 3. The first-order chi connectivity index (χ1) is 16.5. The Morgan fingerprint density at radius 3 is 2.29 bits per heavy atom. The summed E-state index contributed by atoms with van der Waals surface area (Å²) >= 11 is 0. The third-order valence-electron chi connectivity index (χ3n) is 5.65. The molecule has 34 heavy (non-hydrogen) atoms. The number of hydrogen-bond donors (Lipinski definition) is 2. The molecule has 0 aliphatic heterocycles. The van der Waals surface area contributed by atoms with E-state index in [-0.39, 0.29) is 11.9 Å². The minimum atomic E-state index is -1.20. The van der Waals surface area contributed by atoms with E-state index in [2.05, 4.69) is 20.7 Å². The van der Waals surface area contributed by atoms with Crippen LogP contribution in [-0.2, 0) is 9.53 Å². The fourth-order valence-corrected chi connectivity index (χ4v) is 3.87. The highest BCUT2D eigenvalue weighted by Gasteiger charge is 2.26. The number of rotatable bonds is 6. The Morgan fingerprint density at radius 1 is 0.971 bits per heavy atom. The molecule has 1 heterocycles. The summed E-state index contributed by atoms with van der Waals surface area (Å²) in [7, 11) is 0. The highest BCUT2D eigenvalue weighted by atomic mass is 16.5. The molecule has 9 heteroatoms. The first-order valence-corrected chi connectivity index (χ1v) is 11.4. The molecule has 1 unspecified atom stereocenters. The van der Waals surface area contributed by atoms with E-state index in [4.69, 9.17) is 4.74 Å². The predicted molar refractivity (Wildman–Crippen MR) is 125 cm³/mol. The molecule has 1 aliphatic carbocycles. The van der Waals surface area contributed by atoms with Gasteiger partial charge in [-0.15, -0.1) is 5.10 Å². The van der Waals surface area contributed by atoms with Crippen LogP contribution in [0.1, 0.15) is 49.6 Å². The zero-order valence-corrected chi connectivity index (χ0v) is 18.9. The van der Waals surface area contributed by atoms with Gasteiger partial charge in [0.2, 0.25) is 0 Å². The summed E-state index contributed by atoms with van der Waals surface area (Å²) < 4.78 is 6.81. The normalized spacial score (nSPS) is 14.7. The second kappa shape index (κ2) is 10.7.